The van der Waals surface area contributed by atoms with Crippen molar-refractivity contribution in [3.63, 3.8) is 0 Å². The van der Waals surface area contributed by atoms with Crippen LogP contribution in [-0.2, 0) is 11.8 Å². The monoisotopic (exact) mass is 293 g/mol. The quantitative estimate of drug-likeness (QED) is 0.820. The molecule has 1 atom stereocenters. The zero-order valence-electron chi connectivity index (χ0n) is 12.1. The Balaban J connectivity index is 2.22. The van der Waals surface area contributed by atoms with Gasteiger partial charge in [0.15, 0.2) is 0 Å². The van der Waals surface area contributed by atoms with E-state index in [0.717, 1.165) is 17.8 Å². The number of halogens is 1. The molecule has 1 unspecified atom stereocenters. The molecule has 0 aliphatic carbocycles. The van der Waals surface area contributed by atoms with E-state index in [0.29, 0.717) is 11.6 Å². The molecule has 0 aliphatic rings. The van der Waals surface area contributed by atoms with Gasteiger partial charge in [-0.05, 0) is 37.9 Å². The standard InChI is InChI=1S/C15H20ClN3O/c1-18(2)9-10-20-15(14-7-8-17-19(14)3)12-5-4-6-13(16)11-12/h4-8,11,15H,9-10H2,1-3H3. The summed E-state index contributed by atoms with van der Waals surface area (Å²) in [6.07, 6.45) is 1.63. The van der Waals surface area contributed by atoms with Gasteiger partial charge in [0.2, 0.25) is 0 Å². The molecule has 0 spiro atoms. The van der Waals surface area contributed by atoms with E-state index in [1.54, 1.807) is 6.20 Å². The maximum atomic E-state index is 6.09. The molecule has 0 amide bonds. The molecule has 0 bridgehead atoms. The summed E-state index contributed by atoms with van der Waals surface area (Å²) in [7, 11) is 5.98. The summed E-state index contributed by atoms with van der Waals surface area (Å²) in [6, 6.07) is 9.75. The molecular weight excluding hydrogens is 274 g/mol. The summed E-state index contributed by atoms with van der Waals surface area (Å²) in [6.45, 7) is 1.52. The zero-order chi connectivity index (χ0) is 14.5. The van der Waals surface area contributed by atoms with Crippen molar-refractivity contribution in [3.05, 3.63) is 52.8 Å². The normalized spacial score (nSPS) is 12.8. The number of rotatable bonds is 6. The fourth-order valence-corrected chi connectivity index (χ4v) is 2.22. The van der Waals surface area contributed by atoms with E-state index in [4.69, 9.17) is 16.3 Å². The second kappa shape index (κ2) is 6.88. The second-order valence-corrected chi connectivity index (χ2v) is 5.43. The number of ether oxygens (including phenoxy) is 1. The largest absolute Gasteiger partial charge is 0.366 e. The fourth-order valence-electron chi connectivity index (χ4n) is 2.02. The van der Waals surface area contributed by atoms with Gasteiger partial charge in [0.1, 0.15) is 6.10 Å². The maximum Gasteiger partial charge on any atom is 0.124 e. The van der Waals surface area contributed by atoms with Gasteiger partial charge in [-0.15, -0.1) is 0 Å². The van der Waals surface area contributed by atoms with E-state index >= 15 is 0 Å². The van der Waals surface area contributed by atoms with E-state index in [2.05, 4.69) is 10.00 Å². The van der Waals surface area contributed by atoms with Gasteiger partial charge < -0.3 is 9.64 Å². The summed E-state index contributed by atoms with van der Waals surface area (Å²) in [4.78, 5) is 2.10. The summed E-state index contributed by atoms with van der Waals surface area (Å²) < 4.78 is 7.89. The third-order valence-corrected chi connectivity index (χ3v) is 3.34. The Labute approximate surface area is 124 Å². The Morgan fingerprint density at radius 3 is 2.75 bits per heavy atom. The van der Waals surface area contributed by atoms with Crippen LogP contribution < -0.4 is 0 Å². The molecule has 108 valence electrons. The van der Waals surface area contributed by atoms with Crippen molar-refractivity contribution in [2.45, 2.75) is 6.10 Å². The number of hydrogen-bond acceptors (Lipinski definition) is 3. The minimum atomic E-state index is -0.152. The average Bonchev–Trinajstić information content (AvgIpc) is 2.80. The van der Waals surface area contributed by atoms with Crippen LogP contribution in [0.1, 0.15) is 17.4 Å². The van der Waals surface area contributed by atoms with Crippen molar-refractivity contribution in [1.29, 1.82) is 0 Å². The minimum absolute atomic E-state index is 0.152. The summed E-state index contributed by atoms with van der Waals surface area (Å²) in [5.41, 5.74) is 2.06. The molecule has 0 fully saturated rings. The van der Waals surface area contributed by atoms with Crippen LogP contribution in [0, 0.1) is 0 Å². The number of aromatic nitrogens is 2. The van der Waals surface area contributed by atoms with Crippen LogP contribution in [0.4, 0.5) is 0 Å². The molecule has 0 saturated carbocycles. The molecule has 4 nitrogen and oxygen atoms in total. The Morgan fingerprint density at radius 1 is 1.35 bits per heavy atom. The van der Waals surface area contributed by atoms with Crippen LogP contribution in [0.5, 0.6) is 0 Å². The molecular formula is C15H20ClN3O. The maximum absolute atomic E-state index is 6.09. The second-order valence-electron chi connectivity index (χ2n) is 4.99. The first-order valence-electron chi connectivity index (χ1n) is 6.57. The van der Waals surface area contributed by atoms with Gasteiger partial charge in [-0.25, -0.2) is 0 Å². The first-order valence-corrected chi connectivity index (χ1v) is 6.95. The topological polar surface area (TPSA) is 30.3 Å². The van der Waals surface area contributed by atoms with Gasteiger partial charge in [-0.2, -0.15) is 5.10 Å². The van der Waals surface area contributed by atoms with Crippen LogP contribution in [0.3, 0.4) is 0 Å². The molecule has 0 N–H and O–H groups in total. The van der Waals surface area contributed by atoms with Crippen molar-refractivity contribution in [3.8, 4) is 0 Å². The van der Waals surface area contributed by atoms with Crippen LogP contribution in [0.25, 0.3) is 0 Å². The lowest BCUT2D eigenvalue weighted by atomic mass is 10.1. The summed E-state index contributed by atoms with van der Waals surface area (Å²) >= 11 is 6.09. The molecule has 2 aromatic rings. The summed E-state index contributed by atoms with van der Waals surface area (Å²) in [5, 5.41) is 4.94. The van der Waals surface area contributed by atoms with E-state index in [1.165, 1.54) is 0 Å². The highest BCUT2D eigenvalue weighted by atomic mass is 35.5. The van der Waals surface area contributed by atoms with Gasteiger partial charge in [0, 0.05) is 24.8 Å². The molecule has 5 heteroatoms. The van der Waals surface area contributed by atoms with Gasteiger partial charge in [-0.3, -0.25) is 4.68 Å². The first kappa shape index (κ1) is 15.0. The molecule has 1 aromatic carbocycles. The number of aryl methyl sites for hydroxylation is 1. The highest BCUT2D eigenvalue weighted by Crippen LogP contribution is 2.27. The Hall–Kier alpha value is -1.36. The van der Waals surface area contributed by atoms with Crippen molar-refractivity contribution in [2.75, 3.05) is 27.2 Å². The third kappa shape index (κ3) is 3.82. The molecule has 1 heterocycles. The third-order valence-electron chi connectivity index (χ3n) is 3.10. The van der Waals surface area contributed by atoms with E-state index < -0.39 is 0 Å². The van der Waals surface area contributed by atoms with E-state index in [9.17, 15) is 0 Å². The van der Waals surface area contributed by atoms with Crippen molar-refractivity contribution >= 4 is 11.6 Å². The average molecular weight is 294 g/mol. The van der Waals surface area contributed by atoms with Crippen molar-refractivity contribution in [2.24, 2.45) is 7.05 Å². The molecule has 0 saturated heterocycles. The highest BCUT2D eigenvalue weighted by Gasteiger charge is 2.18. The van der Waals surface area contributed by atoms with Crippen molar-refractivity contribution in [1.82, 2.24) is 14.7 Å². The molecule has 0 radical (unpaired) electrons. The predicted octanol–water partition coefficient (Wildman–Crippen LogP) is 2.74. The number of benzene rings is 1. The Kier molecular flexibility index (Phi) is 5.17. The zero-order valence-corrected chi connectivity index (χ0v) is 12.8. The highest BCUT2D eigenvalue weighted by molar-refractivity contribution is 6.30. The smallest absolute Gasteiger partial charge is 0.124 e. The lowest BCUT2D eigenvalue weighted by Crippen LogP contribution is -2.21. The lowest BCUT2D eigenvalue weighted by Gasteiger charge is -2.20. The predicted molar refractivity (Wildman–Crippen MR) is 81.0 cm³/mol. The van der Waals surface area contributed by atoms with Crippen LogP contribution in [-0.4, -0.2) is 41.9 Å². The van der Waals surface area contributed by atoms with Gasteiger partial charge in [0.05, 0.1) is 12.3 Å². The van der Waals surface area contributed by atoms with Crippen LogP contribution in [0.2, 0.25) is 5.02 Å². The van der Waals surface area contributed by atoms with Gasteiger partial charge in [-0.1, -0.05) is 23.7 Å². The van der Waals surface area contributed by atoms with Crippen LogP contribution in [0.15, 0.2) is 36.5 Å². The Bertz CT molecular complexity index is 554. The van der Waals surface area contributed by atoms with Crippen LogP contribution >= 0.6 is 11.6 Å². The fraction of sp³-hybridized carbons (Fsp3) is 0.400. The lowest BCUT2D eigenvalue weighted by molar-refractivity contribution is 0.0639. The number of nitrogens with zero attached hydrogens (tertiary/aromatic N) is 3. The van der Waals surface area contributed by atoms with E-state index in [1.807, 2.05) is 56.2 Å². The van der Waals surface area contributed by atoms with Crippen molar-refractivity contribution < 1.29 is 4.74 Å². The Morgan fingerprint density at radius 2 is 2.15 bits per heavy atom. The molecule has 2 rings (SSSR count). The molecule has 0 aliphatic heterocycles. The molecule has 20 heavy (non-hydrogen) atoms. The minimum Gasteiger partial charge on any atom is -0.366 e. The van der Waals surface area contributed by atoms with Gasteiger partial charge >= 0.3 is 0 Å². The molecule has 1 aromatic heterocycles. The number of likely N-dealkylation sites (N-methyl/N-ethyl adjacent to an activating group) is 1. The number of hydrogen-bond donors (Lipinski definition) is 0. The SMILES string of the molecule is CN(C)CCOC(c1cccc(Cl)c1)c1ccnn1C. The van der Waals surface area contributed by atoms with Gasteiger partial charge in [0.25, 0.3) is 0 Å². The van der Waals surface area contributed by atoms with E-state index in [-0.39, 0.29) is 6.10 Å². The first-order chi connectivity index (χ1) is 9.58. The summed E-state index contributed by atoms with van der Waals surface area (Å²) in [5.74, 6) is 0.